The lowest BCUT2D eigenvalue weighted by Gasteiger charge is -2.52. The average Bonchev–Trinajstić information content (AvgIpc) is 2.18. The van der Waals surface area contributed by atoms with Crippen LogP contribution in [0.5, 0.6) is 0 Å². The molecular formula is C12H23NO. The Balaban J connectivity index is 2.11. The molecule has 3 aliphatic carbocycles. The molecule has 3 saturated carbocycles. The first-order valence-corrected chi connectivity index (χ1v) is 6.05. The molecule has 0 spiro atoms. The van der Waals surface area contributed by atoms with Gasteiger partial charge in [0.1, 0.15) is 0 Å². The van der Waals surface area contributed by atoms with Crippen molar-refractivity contribution < 1.29 is 5.11 Å². The Labute approximate surface area is 87.1 Å². The Bertz CT molecular complexity index is 192. The minimum Gasteiger partial charge on any atom is -0.394 e. The summed E-state index contributed by atoms with van der Waals surface area (Å²) in [7, 11) is 0. The van der Waals surface area contributed by atoms with Crippen molar-refractivity contribution in [1.29, 1.82) is 0 Å². The van der Waals surface area contributed by atoms with Gasteiger partial charge in [-0.1, -0.05) is 26.7 Å². The van der Waals surface area contributed by atoms with Crippen molar-refractivity contribution in [3.05, 3.63) is 0 Å². The summed E-state index contributed by atoms with van der Waals surface area (Å²) in [6.07, 6.45) is 6.64. The monoisotopic (exact) mass is 197 g/mol. The Kier molecular flexibility index (Phi) is 2.85. The second-order valence-electron chi connectivity index (χ2n) is 5.54. The summed E-state index contributed by atoms with van der Waals surface area (Å²) in [6.45, 7) is 4.69. The summed E-state index contributed by atoms with van der Waals surface area (Å²) in [6, 6.07) is 0.487. The highest BCUT2D eigenvalue weighted by Crippen LogP contribution is 2.47. The minimum absolute atomic E-state index is 0.0648. The lowest BCUT2D eigenvalue weighted by Crippen LogP contribution is -2.61. The first-order valence-electron chi connectivity index (χ1n) is 6.05. The number of nitrogens with one attached hydrogen (secondary N) is 1. The molecule has 0 heterocycles. The largest absolute Gasteiger partial charge is 0.394 e. The van der Waals surface area contributed by atoms with E-state index in [4.69, 9.17) is 0 Å². The van der Waals surface area contributed by atoms with Crippen LogP contribution in [0.15, 0.2) is 0 Å². The van der Waals surface area contributed by atoms with E-state index in [1.807, 2.05) is 0 Å². The van der Waals surface area contributed by atoms with Crippen molar-refractivity contribution >= 4 is 0 Å². The number of aliphatic hydroxyl groups excluding tert-OH is 1. The number of hydrogen-bond acceptors (Lipinski definition) is 2. The van der Waals surface area contributed by atoms with Gasteiger partial charge in [-0.3, -0.25) is 0 Å². The van der Waals surface area contributed by atoms with Crippen LogP contribution in [-0.4, -0.2) is 23.3 Å². The zero-order valence-electron chi connectivity index (χ0n) is 9.42. The number of rotatable bonds is 3. The molecule has 3 fully saturated rings. The van der Waals surface area contributed by atoms with Gasteiger partial charge in [-0.15, -0.1) is 0 Å². The van der Waals surface area contributed by atoms with E-state index in [1.165, 1.54) is 32.1 Å². The Morgan fingerprint density at radius 1 is 1.29 bits per heavy atom. The molecule has 0 aromatic rings. The van der Waals surface area contributed by atoms with E-state index in [0.717, 1.165) is 11.8 Å². The van der Waals surface area contributed by atoms with Gasteiger partial charge >= 0.3 is 0 Å². The molecule has 1 atom stereocenters. The third kappa shape index (κ3) is 1.70. The van der Waals surface area contributed by atoms with Crippen LogP contribution in [0.4, 0.5) is 0 Å². The molecule has 0 amide bonds. The van der Waals surface area contributed by atoms with Gasteiger partial charge in [-0.05, 0) is 31.1 Å². The molecular weight excluding hydrogens is 174 g/mol. The van der Waals surface area contributed by atoms with Crippen LogP contribution in [0.25, 0.3) is 0 Å². The van der Waals surface area contributed by atoms with Crippen LogP contribution < -0.4 is 5.32 Å². The predicted molar refractivity (Wildman–Crippen MR) is 58.2 cm³/mol. The van der Waals surface area contributed by atoms with Gasteiger partial charge in [0.2, 0.25) is 0 Å². The molecule has 0 saturated heterocycles. The third-order valence-electron chi connectivity index (χ3n) is 4.14. The quantitative estimate of drug-likeness (QED) is 0.724. The van der Waals surface area contributed by atoms with Crippen LogP contribution in [0.2, 0.25) is 0 Å². The maximum Gasteiger partial charge on any atom is 0.0616 e. The minimum atomic E-state index is 0.0648. The Hall–Kier alpha value is -0.0800. The summed E-state index contributed by atoms with van der Waals surface area (Å²) in [5.74, 6) is 1.60. The van der Waals surface area contributed by atoms with Gasteiger partial charge in [0, 0.05) is 11.6 Å². The predicted octanol–water partition coefficient (Wildman–Crippen LogP) is 1.93. The molecule has 2 N–H and O–H groups in total. The lowest BCUT2D eigenvalue weighted by molar-refractivity contribution is -0.00524. The molecule has 14 heavy (non-hydrogen) atoms. The summed E-state index contributed by atoms with van der Waals surface area (Å²) in [4.78, 5) is 0. The van der Waals surface area contributed by atoms with Gasteiger partial charge in [-0.2, -0.15) is 0 Å². The molecule has 1 unspecified atom stereocenters. The first-order chi connectivity index (χ1) is 6.66. The second-order valence-corrected chi connectivity index (χ2v) is 5.54. The van der Waals surface area contributed by atoms with E-state index in [0.29, 0.717) is 12.6 Å². The van der Waals surface area contributed by atoms with E-state index in [1.54, 1.807) is 0 Å². The first kappa shape index (κ1) is 10.4. The molecule has 3 aliphatic rings. The molecule has 2 nitrogen and oxygen atoms in total. The van der Waals surface area contributed by atoms with Crippen molar-refractivity contribution in [1.82, 2.24) is 5.32 Å². The smallest absolute Gasteiger partial charge is 0.0616 e. The van der Waals surface area contributed by atoms with E-state index >= 15 is 0 Å². The van der Waals surface area contributed by atoms with Crippen LogP contribution in [0.3, 0.4) is 0 Å². The molecule has 0 radical (unpaired) electrons. The number of hydrogen-bond donors (Lipinski definition) is 2. The molecule has 2 bridgehead atoms. The van der Waals surface area contributed by atoms with Crippen molar-refractivity contribution in [2.45, 2.75) is 57.5 Å². The SMILES string of the molecule is CC(C)NC1(CO)CC2CCC1CC2. The second kappa shape index (κ2) is 3.82. The summed E-state index contributed by atoms with van der Waals surface area (Å²) < 4.78 is 0. The topological polar surface area (TPSA) is 32.3 Å². The Morgan fingerprint density at radius 2 is 1.93 bits per heavy atom. The van der Waals surface area contributed by atoms with Gasteiger partial charge in [0.05, 0.1) is 6.61 Å². The van der Waals surface area contributed by atoms with Crippen molar-refractivity contribution in [2.75, 3.05) is 6.61 Å². The molecule has 3 rings (SSSR count). The molecule has 0 aliphatic heterocycles. The number of aliphatic hydroxyl groups is 1. The van der Waals surface area contributed by atoms with E-state index in [-0.39, 0.29) is 5.54 Å². The Morgan fingerprint density at radius 3 is 2.29 bits per heavy atom. The van der Waals surface area contributed by atoms with Crippen LogP contribution in [0.1, 0.15) is 46.0 Å². The van der Waals surface area contributed by atoms with Gasteiger partial charge < -0.3 is 10.4 Å². The van der Waals surface area contributed by atoms with Gasteiger partial charge in [0.15, 0.2) is 0 Å². The standard InChI is InChI=1S/C12H23NO/c1-9(2)13-12(8-14)7-10-3-5-11(12)6-4-10/h9-11,13-14H,3-8H2,1-2H3. The maximum absolute atomic E-state index is 9.65. The summed E-state index contributed by atoms with van der Waals surface area (Å²) in [5, 5.41) is 13.3. The van der Waals surface area contributed by atoms with Gasteiger partial charge in [-0.25, -0.2) is 0 Å². The van der Waals surface area contributed by atoms with Crippen LogP contribution in [-0.2, 0) is 0 Å². The molecule has 0 aromatic carbocycles. The summed E-state index contributed by atoms with van der Waals surface area (Å²) >= 11 is 0. The van der Waals surface area contributed by atoms with Crippen LogP contribution >= 0.6 is 0 Å². The zero-order valence-corrected chi connectivity index (χ0v) is 9.42. The van der Waals surface area contributed by atoms with Crippen molar-refractivity contribution in [3.63, 3.8) is 0 Å². The van der Waals surface area contributed by atoms with Crippen molar-refractivity contribution in [3.8, 4) is 0 Å². The normalized spacial score (nSPS) is 42.0. The zero-order chi connectivity index (χ0) is 10.2. The third-order valence-corrected chi connectivity index (χ3v) is 4.14. The highest BCUT2D eigenvalue weighted by Gasteiger charge is 2.46. The average molecular weight is 197 g/mol. The highest BCUT2D eigenvalue weighted by atomic mass is 16.3. The molecule has 2 heteroatoms. The van der Waals surface area contributed by atoms with Gasteiger partial charge in [0.25, 0.3) is 0 Å². The fourth-order valence-corrected chi connectivity index (χ4v) is 3.59. The van der Waals surface area contributed by atoms with Crippen LogP contribution in [0, 0.1) is 11.8 Å². The molecule has 0 aromatic heterocycles. The van der Waals surface area contributed by atoms with E-state index < -0.39 is 0 Å². The number of fused-ring (bicyclic) bond motifs is 3. The van der Waals surface area contributed by atoms with E-state index in [9.17, 15) is 5.11 Å². The lowest BCUT2D eigenvalue weighted by atomic mass is 9.60. The summed E-state index contributed by atoms with van der Waals surface area (Å²) in [5.41, 5.74) is 0.0648. The highest BCUT2D eigenvalue weighted by molar-refractivity contribution is 5.03. The van der Waals surface area contributed by atoms with E-state index in [2.05, 4.69) is 19.2 Å². The van der Waals surface area contributed by atoms with Crippen molar-refractivity contribution in [2.24, 2.45) is 11.8 Å². The fourth-order valence-electron chi connectivity index (χ4n) is 3.59. The fraction of sp³-hybridized carbons (Fsp3) is 1.00. The maximum atomic E-state index is 9.65. The molecule has 82 valence electrons.